The molecule has 0 aromatic rings. The number of hydrogen-bond acceptors (Lipinski definition) is 2. The van der Waals surface area contributed by atoms with E-state index in [0.717, 1.165) is 24.9 Å². The van der Waals surface area contributed by atoms with Gasteiger partial charge in [-0.25, -0.2) is 0 Å². The van der Waals surface area contributed by atoms with E-state index in [0.29, 0.717) is 0 Å². The topological polar surface area (TPSA) is 15.3 Å². The van der Waals surface area contributed by atoms with Gasteiger partial charge in [-0.3, -0.25) is 0 Å². The molecule has 0 saturated carbocycles. The Balaban J connectivity index is 2.01. The maximum atomic E-state index is 3.50. The average Bonchev–Trinajstić information content (AvgIpc) is 2.25. The van der Waals surface area contributed by atoms with Crippen molar-refractivity contribution in [3.05, 3.63) is 12.2 Å². The van der Waals surface area contributed by atoms with Crippen LogP contribution in [-0.2, 0) is 0 Å². The van der Waals surface area contributed by atoms with Crippen molar-refractivity contribution in [1.29, 1.82) is 0 Å². The van der Waals surface area contributed by atoms with Crippen LogP contribution in [0.4, 0.5) is 0 Å². The highest BCUT2D eigenvalue weighted by molar-refractivity contribution is 4.90. The van der Waals surface area contributed by atoms with E-state index >= 15 is 0 Å². The van der Waals surface area contributed by atoms with Gasteiger partial charge in [-0.15, -0.1) is 0 Å². The highest BCUT2D eigenvalue weighted by Crippen LogP contribution is 2.18. The largest absolute Gasteiger partial charge is 0.315 e. The van der Waals surface area contributed by atoms with Gasteiger partial charge in [0.25, 0.3) is 0 Å². The minimum Gasteiger partial charge on any atom is -0.315 e. The molecule has 1 aliphatic carbocycles. The standard InChI is InChI=1S/C14H28N2/c1-13(2)11-15-9-10-16(3)12-14-7-5-4-6-8-14/h4-5,13-15H,6-12H2,1-3H3. The fourth-order valence-electron chi connectivity index (χ4n) is 2.21. The van der Waals surface area contributed by atoms with Gasteiger partial charge in [0.15, 0.2) is 0 Å². The Bertz CT molecular complexity index is 199. The minimum atomic E-state index is 0.758. The Hall–Kier alpha value is -0.340. The average molecular weight is 224 g/mol. The van der Waals surface area contributed by atoms with E-state index in [2.05, 4.69) is 43.3 Å². The van der Waals surface area contributed by atoms with Crippen molar-refractivity contribution < 1.29 is 0 Å². The lowest BCUT2D eigenvalue weighted by Crippen LogP contribution is -2.34. The van der Waals surface area contributed by atoms with E-state index in [1.165, 1.54) is 32.4 Å². The van der Waals surface area contributed by atoms with Crippen molar-refractivity contribution in [3.8, 4) is 0 Å². The fraction of sp³-hybridized carbons (Fsp3) is 0.857. The number of likely N-dealkylation sites (N-methyl/N-ethyl adjacent to an activating group) is 1. The van der Waals surface area contributed by atoms with E-state index in [4.69, 9.17) is 0 Å². The van der Waals surface area contributed by atoms with E-state index in [1.54, 1.807) is 0 Å². The van der Waals surface area contributed by atoms with Crippen molar-refractivity contribution in [3.63, 3.8) is 0 Å². The zero-order chi connectivity index (χ0) is 11.8. The van der Waals surface area contributed by atoms with Crippen molar-refractivity contribution in [2.75, 3.05) is 33.2 Å². The molecule has 0 aromatic carbocycles. The van der Waals surface area contributed by atoms with E-state index in [1.807, 2.05) is 0 Å². The van der Waals surface area contributed by atoms with Crippen LogP contribution in [0.1, 0.15) is 33.1 Å². The number of nitrogens with zero attached hydrogens (tertiary/aromatic N) is 1. The summed E-state index contributed by atoms with van der Waals surface area (Å²) < 4.78 is 0. The molecule has 16 heavy (non-hydrogen) atoms. The van der Waals surface area contributed by atoms with Gasteiger partial charge in [0.2, 0.25) is 0 Å². The highest BCUT2D eigenvalue weighted by Gasteiger charge is 2.11. The van der Waals surface area contributed by atoms with Gasteiger partial charge in [0, 0.05) is 19.6 Å². The second kappa shape index (κ2) is 7.86. The van der Waals surface area contributed by atoms with Gasteiger partial charge >= 0.3 is 0 Å². The van der Waals surface area contributed by atoms with Crippen LogP contribution in [0.3, 0.4) is 0 Å². The summed E-state index contributed by atoms with van der Waals surface area (Å²) in [6.07, 6.45) is 8.61. The second-order valence-corrected chi connectivity index (χ2v) is 5.51. The van der Waals surface area contributed by atoms with Gasteiger partial charge in [0.05, 0.1) is 0 Å². The highest BCUT2D eigenvalue weighted by atomic mass is 15.1. The molecule has 1 atom stereocenters. The predicted molar refractivity (Wildman–Crippen MR) is 71.7 cm³/mol. The minimum absolute atomic E-state index is 0.758. The Morgan fingerprint density at radius 3 is 2.81 bits per heavy atom. The molecular formula is C14H28N2. The van der Waals surface area contributed by atoms with Crippen LogP contribution in [0.5, 0.6) is 0 Å². The van der Waals surface area contributed by atoms with Crippen LogP contribution in [0.2, 0.25) is 0 Å². The lowest BCUT2D eigenvalue weighted by atomic mass is 9.94. The molecule has 0 radical (unpaired) electrons. The third-order valence-corrected chi connectivity index (χ3v) is 3.17. The molecule has 1 aliphatic rings. The summed E-state index contributed by atoms with van der Waals surface area (Å²) in [7, 11) is 2.25. The number of rotatable bonds is 7. The molecule has 0 fully saturated rings. The van der Waals surface area contributed by atoms with Crippen molar-refractivity contribution in [2.24, 2.45) is 11.8 Å². The summed E-state index contributed by atoms with van der Waals surface area (Å²) in [5, 5.41) is 3.50. The quantitative estimate of drug-likeness (QED) is 0.528. The first-order valence-electron chi connectivity index (χ1n) is 6.72. The first-order chi connectivity index (χ1) is 7.68. The van der Waals surface area contributed by atoms with Crippen molar-refractivity contribution in [2.45, 2.75) is 33.1 Å². The monoisotopic (exact) mass is 224 g/mol. The lowest BCUT2D eigenvalue weighted by molar-refractivity contribution is 0.264. The molecule has 94 valence electrons. The SMILES string of the molecule is CC(C)CNCCN(C)CC1CC=CCC1. The van der Waals surface area contributed by atoms with Gasteiger partial charge < -0.3 is 10.2 Å². The molecule has 0 spiro atoms. The molecule has 1 unspecified atom stereocenters. The molecule has 0 aromatic heterocycles. The Morgan fingerprint density at radius 1 is 1.38 bits per heavy atom. The molecule has 1 rings (SSSR count). The summed E-state index contributed by atoms with van der Waals surface area (Å²) in [4.78, 5) is 2.47. The van der Waals surface area contributed by atoms with Gasteiger partial charge in [-0.1, -0.05) is 26.0 Å². The number of allylic oxidation sites excluding steroid dienone is 2. The van der Waals surface area contributed by atoms with E-state index < -0.39 is 0 Å². The third-order valence-electron chi connectivity index (χ3n) is 3.17. The van der Waals surface area contributed by atoms with Crippen LogP contribution in [0.15, 0.2) is 12.2 Å². The Kier molecular flexibility index (Phi) is 6.74. The summed E-state index contributed by atoms with van der Waals surface area (Å²) in [5.41, 5.74) is 0. The van der Waals surface area contributed by atoms with Crippen LogP contribution < -0.4 is 5.32 Å². The normalized spacial score (nSPS) is 20.9. The second-order valence-electron chi connectivity index (χ2n) is 5.51. The molecule has 0 saturated heterocycles. The maximum Gasteiger partial charge on any atom is 0.0104 e. The Labute approximate surface area is 101 Å². The maximum absolute atomic E-state index is 3.50. The first kappa shape index (κ1) is 13.7. The van der Waals surface area contributed by atoms with E-state index in [-0.39, 0.29) is 0 Å². The third kappa shape index (κ3) is 6.29. The van der Waals surface area contributed by atoms with Gasteiger partial charge in [0.1, 0.15) is 0 Å². The zero-order valence-electron chi connectivity index (χ0n) is 11.2. The molecule has 2 nitrogen and oxygen atoms in total. The lowest BCUT2D eigenvalue weighted by Gasteiger charge is -2.25. The molecule has 0 bridgehead atoms. The van der Waals surface area contributed by atoms with Crippen LogP contribution in [0, 0.1) is 11.8 Å². The van der Waals surface area contributed by atoms with Gasteiger partial charge in [-0.2, -0.15) is 0 Å². The van der Waals surface area contributed by atoms with Gasteiger partial charge in [-0.05, 0) is 44.7 Å². The molecule has 1 N–H and O–H groups in total. The predicted octanol–water partition coefficient (Wildman–Crippen LogP) is 2.52. The molecule has 0 heterocycles. The fourth-order valence-corrected chi connectivity index (χ4v) is 2.21. The summed E-state index contributed by atoms with van der Waals surface area (Å²) >= 11 is 0. The molecule has 0 amide bonds. The number of nitrogens with one attached hydrogen (secondary N) is 1. The molecular weight excluding hydrogens is 196 g/mol. The summed E-state index contributed by atoms with van der Waals surface area (Å²) in [6.45, 7) is 9.20. The van der Waals surface area contributed by atoms with Crippen LogP contribution in [-0.4, -0.2) is 38.1 Å². The smallest absolute Gasteiger partial charge is 0.0104 e. The van der Waals surface area contributed by atoms with Crippen molar-refractivity contribution in [1.82, 2.24) is 10.2 Å². The number of hydrogen-bond donors (Lipinski definition) is 1. The van der Waals surface area contributed by atoms with Crippen LogP contribution in [0.25, 0.3) is 0 Å². The molecule has 0 aliphatic heterocycles. The zero-order valence-corrected chi connectivity index (χ0v) is 11.2. The molecule has 2 heteroatoms. The first-order valence-corrected chi connectivity index (χ1v) is 6.72. The van der Waals surface area contributed by atoms with Crippen molar-refractivity contribution >= 4 is 0 Å². The Morgan fingerprint density at radius 2 is 2.19 bits per heavy atom. The van der Waals surface area contributed by atoms with Crippen LogP contribution >= 0.6 is 0 Å². The summed E-state index contributed by atoms with van der Waals surface area (Å²) in [6, 6.07) is 0. The van der Waals surface area contributed by atoms with E-state index in [9.17, 15) is 0 Å². The summed E-state index contributed by atoms with van der Waals surface area (Å²) in [5.74, 6) is 1.65.